The summed E-state index contributed by atoms with van der Waals surface area (Å²) in [4.78, 5) is 27.4. The minimum absolute atomic E-state index is 0.297. The molecule has 3 aromatic rings. The van der Waals surface area contributed by atoms with E-state index in [1.54, 1.807) is 24.3 Å². The summed E-state index contributed by atoms with van der Waals surface area (Å²) < 4.78 is 1.18. The number of hydrogen-bond acceptors (Lipinski definition) is 2. The fraction of sp³-hybridized carbons (Fsp3) is 0.125. The van der Waals surface area contributed by atoms with Crippen LogP contribution in [-0.4, -0.2) is 9.55 Å². The molecule has 0 saturated carbocycles. The highest BCUT2D eigenvalue weighted by molar-refractivity contribution is 5.77. The first-order valence-electron chi connectivity index (χ1n) is 6.39. The molecule has 4 nitrogen and oxygen atoms in total. The van der Waals surface area contributed by atoms with Crippen molar-refractivity contribution in [3.8, 4) is 5.69 Å². The van der Waals surface area contributed by atoms with E-state index in [1.807, 2.05) is 32.0 Å². The molecule has 100 valence electrons. The highest BCUT2D eigenvalue weighted by Gasteiger charge is 2.09. The van der Waals surface area contributed by atoms with E-state index in [1.165, 1.54) is 4.57 Å². The lowest BCUT2D eigenvalue weighted by atomic mass is 10.1. The minimum atomic E-state index is -0.418. The monoisotopic (exact) mass is 266 g/mol. The third-order valence-electron chi connectivity index (χ3n) is 3.27. The molecule has 0 amide bonds. The van der Waals surface area contributed by atoms with Crippen molar-refractivity contribution >= 4 is 10.9 Å². The van der Waals surface area contributed by atoms with Gasteiger partial charge in [0.2, 0.25) is 0 Å². The van der Waals surface area contributed by atoms with Crippen molar-refractivity contribution in [2.45, 2.75) is 13.8 Å². The van der Waals surface area contributed by atoms with E-state index >= 15 is 0 Å². The quantitative estimate of drug-likeness (QED) is 0.734. The number of aromatic amines is 1. The van der Waals surface area contributed by atoms with Crippen LogP contribution >= 0.6 is 0 Å². The number of aromatic nitrogens is 2. The second-order valence-electron chi connectivity index (χ2n) is 4.96. The predicted octanol–water partition coefficient (Wildman–Crippen LogP) is 2.30. The topological polar surface area (TPSA) is 54.9 Å². The maximum absolute atomic E-state index is 12.5. The Morgan fingerprint density at radius 2 is 1.60 bits per heavy atom. The summed E-state index contributed by atoms with van der Waals surface area (Å²) in [7, 11) is 0. The minimum Gasteiger partial charge on any atom is -0.306 e. The van der Waals surface area contributed by atoms with Gasteiger partial charge < -0.3 is 4.98 Å². The fourth-order valence-corrected chi connectivity index (χ4v) is 2.48. The summed E-state index contributed by atoms with van der Waals surface area (Å²) in [5, 5.41) is 0.506. The molecule has 0 spiro atoms. The zero-order valence-electron chi connectivity index (χ0n) is 11.3. The molecule has 0 radical (unpaired) electrons. The molecule has 0 unspecified atom stereocenters. The fourth-order valence-electron chi connectivity index (χ4n) is 2.48. The molecule has 1 N–H and O–H groups in total. The van der Waals surface area contributed by atoms with Gasteiger partial charge in [0.1, 0.15) is 0 Å². The van der Waals surface area contributed by atoms with Crippen molar-refractivity contribution in [2.24, 2.45) is 0 Å². The van der Waals surface area contributed by atoms with Gasteiger partial charge in [-0.25, -0.2) is 9.36 Å². The predicted molar refractivity (Wildman–Crippen MR) is 79.6 cm³/mol. The number of benzene rings is 2. The van der Waals surface area contributed by atoms with Crippen molar-refractivity contribution < 1.29 is 0 Å². The average molecular weight is 266 g/mol. The largest absolute Gasteiger partial charge is 0.333 e. The van der Waals surface area contributed by atoms with Crippen LogP contribution < -0.4 is 11.2 Å². The van der Waals surface area contributed by atoms with E-state index in [0.29, 0.717) is 16.6 Å². The Morgan fingerprint density at radius 3 is 2.30 bits per heavy atom. The first-order valence-corrected chi connectivity index (χ1v) is 6.39. The normalized spacial score (nSPS) is 10.9. The number of nitrogens with zero attached hydrogens (tertiary/aromatic N) is 1. The Kier molecular flexibility index (Phi) is 2.79. The molecule has 20 heavy (non-hydrogen) atoms. The summed E-state index contributed by atoms with van der Waals surface area (Å²) >= 11 is 0. The van der Waals surface area contributed by atoms with Gasteiger partial charge >= 0.3 is 5.69 Å². The maximum atomic E-state index is 12.5. The highest BCUT2D eigenvalue weighted by atomic mass is 16.2. The zero-order valence-corrected chi connectivity index (χ0v) is 11.3. The Bertz CT molecular complexity index is 899. The molecule has 3 rings (SSSR count). The Labute approximate surface area is 115 Å². The molecular weight excluding hydrogens is 252 g/mol. The lowest BCUT2D eigenvalue weighted by Gasteiger charge is -2.08. The number of para-hydroxylation sites is 1. The molecule has 0 aliphatic rings. The molecule has 0 bridgehead atoms. The van der Waals surface area contributed by atoms with Gasteiger partial charge in [0.15, 0.2) is 0 Å². The van der Waals surface area contributed by atoms with Crippen LogP contribution in [0.3, 0.4) is 0 Å². The third-order valence-corrected chi connectivity index (χ3v) is 3.27. The standard InChI is InChI=1S/C16H14N2O2/c1-10-7-11(2)9-12(8-10)18-15(19)13-5-3-4-6-14(13)17-16(18)20/h3-9H,1-2H3,(H,17,20). The van der Waals surface area contributed by atoms with Crippen LogP contribution in [0.2, 0.25) is 0 Å². The van der Waals surface area contributed by atoms with Gasteiger partial charge in [-0.2, -0.15) is 0 Å². The molecule has 1 aromatic heterocycles. The average Bonchev–Trinajstić information content (AvgIpc) is 2.37. The van der Waals surface area contributed by atoms with Crippen molar-refractivity contribution in [2.75, 3.05) is 0 Å². The summed E-state index contributed by atoms with van der Waals surface area (Å²) in [6.45, 7) is 3.88. The second kappa shape index (κ2) is 4.49. The van der Waals surface area contributed by atoms with Gasteiger partial charge in [-0.05, 0) is 49.2 Å². The zero-order chi connectivity index (χ0) is 14.3. The first-order chi connectivity index (χ1) is 9.56. The second-order valence-corrected chi connectivity index (χ2v) is 4.96. The van der Waals surface area contributed by atoms with Crippen molar-refractivity contribution in [1.82, 2.24) is 9.55 Å². The summed E-state index contributed by atoms with van der Waals surface area (Å²) in [5.74, 6) is 0. The lowest BCUT2D eigenvalue weighted by Crippen LogP contribution is -2.33. The Balaban J connectivity index is 2.42. The van der Waals surface area contributed by atoms with Gasteiger partial charge in [-0.1, -0.05) is 18.2 Å². The number of hydrogen-bond donors (Lipinski definition) is 1. The number of H-pyrrole nitrogens is 1. The SMILES string of the molecule is Cc1cc(C)cc(-n2c(=O)[nH]c3ccccc3c2=O)c1. The van der Waals surface area contributed by atoms with Gasteiger partial charge in [0.05, 0.1) is 16.6 Å². The van der Waals surface area contributed by atoms with Gasteiger partial charge in [-0.15, -0.1) is 0 Å². The van der Waals surface area contributed by atoms with Crippen LogP contribution in [0.5, 0.6) is 0 Å². The van der Waals surface area contributed by atoms with E-state index in [0.717, 1.165) is 11.1 Å². The van der Waals surface area contributed by atoms with Crippen LogP contribution in [-0.2, 0) is 0 Å². The van der Waals surface area contributed by atoms with E-state index in [2.05, 4.69) is 4.98 Å². The molecule has 2 aromatic carbocycles. The Morgan fingerprint density at radius 1 is 0.950 bits per heavy atom. The summed E-state index contributed by atoms with van der Waals surface area (Å²) in [6.07, 6.45) is 0. The van der Waals surface area contributed by atoms with Crippen molar-refractivity contribution in [3.63, 3.8) is 0 Å². The number of nitrogens with one attached hydrogen (secondary N) is 1. The maximum Gasteiger partial charge on any atom is 0.333 e. The highest BCUT2D eigenvalue weighted by Crippen LogP contribution is 2.12. The Hall–Kier alpha value is -2.62. The van der Waals surface area contributed by atoms with Crippen LogP contribution in [0.1, 0.15) is 11.1 Å². The van der Waals surface area contributed by atoms with E-state index in [9.17, 15) is 9.59 Å². The van der Waals surface area contributed by atoms with E-state index in [4.69, 9.17) is 0 Å². The van der Waals surface area contributed by atoms with Gasteiger partial charge in [0, 0.05) is 0 Å². The molecular formula is C16H14N2O2. The van der Waals surface area contributed by atoms with Crippen molar-refractivity contribution in [1.29, 1.82) is 0 Å². The smallest absolute Gasteiger partial charge is 0.306 e. The lowest BCUT2D eigenvalue weighted by molar-refractivity contribution is 0.898. The van der Waals surface area contributed by atoms with E-state index < -0.39 is 5.69 Å². The van der Waals surface area contributed by atoms with Crippen LogP contribution in [0.4, 0.5) is 0 Å². The van der Waals surface area contributed by atoms with Crippen LogP contribution in [0.15, 0.2) is 52.1 Å². The van der Waals surface area contributed by atoms with Crippen LogP contribution in [0.25, 0.3) is 16.6 Å². The first kappa shape index (κ1) is 12.4. The van der Waals surface area contributed by atoms with E-state index in [-0.39, 0.29) is 5.56 Å². The third kappa shape index (κ3) is 1.95. The molecule has 1 heterocycles. The molecule has 0 saturated heterocycles. The van der Waals surface area contributed by atoms with Crippen molar-refractivity contribution in [3.05, 3.63) is 74.4 Å². The molecule has 0 fully saturated rings. The number of aryl methyl sites for hydroxylation is 2. The number of rotatable bonds is 1. The van der Waals surface area contributed by atoms with Gasteiger partial charge in [-0.3, -0.25) is 4.79 Å². The molecule has 0 aliphatic heterocycles. The number of fused-ring (bicyclic) bond motifs is 1. The summed E-state index contributed by atoms with van der Waals surface area (Å²) in [6, 6.07) is 12.7. The molecule has 0 aliphatic carbocycles. The molecule has 0 atom stereocenters. The summed E-state index contributed by atoms with van der Waals surface area (Å²) in [5.41, 5.74) is 2.47. The molecule has 4 heteroatoms. The van der Waals surface area contributed by atoms with Gasteiger partial charge in [0.25, 0.3) is 5.56 Å². The van der Waals surface area contributed by atoms with Crippen LogP contribution in [0, 0.1) is 13.8 Å².